The first-order valence-corrected chi connectivity index (χ1v) is 13.7. The second-order valence-electron chi connectivity index (χ2n) is 9.55. The SMILES string of the molecule is CCOC(=O)Oc1c(Cc2ccc3nsnc3c2)c(C2CCCCC2)nn1Cc1ccccc1CC(=O)O. The van der Waals surface area contributed by atoms with E-state index in [9.17, 15) is 14.7 Å². The smallest absolute Gasteiger partial charge is 0.481 e. The van der Waals surface area contributed by atoms with E-state index in [2.05, 4.69) is 8.75 Å². The number of benzene rings is 2. The lowest BCUT2D eigenvalue weighted by atomic mass is 9.84. The molecule has 2 aromatic carbocycles. The number of aliphatic carboxylic acids is 1. The van der Waals surface area contributed by atoms with Gasteiger partial charge in [0.25, 0.3) is 0 Å². The molecule has 0 amide bonds. The first-order valence-electron chi connectivity index (χ1n) is 13.0. The third-order valence-electron chi connectivity index (χ3n) is 6.94. The fourth-order valence-corrected chi connectivity index (χ4v) is 5.69. The molecule has 4 aromatic rings. The molecule has 0 saturated heterocycles. The summed E-state index contributed by atoms with van der Waals surface area (Å²) in [6, 6.07) is 13.4. The lowest BCUT2D eigenvalue weighted by Crippen LogP contribution is -2.16. The van der Waals surface area contributed by atoms with E-state index in [1.54, 1.807) is 17.7 Å². The molecule has 1 aliphatic rings. The number of aromatic nitrogens is 4. The van der Waals surface area contributed by atoms with Crippen molar-refractivity contribution in [1.82, 2.24) is 18.5 Å². The van der Waals surface area contributed by atoms with Crippen LogP contribution in [0.1, 0.15) is 72.9 Å². The largest absolute Gasteiger partial charge is 0.515 e. The van der Waals surface area contributed by atoms with Crippen molar-refractivity contribution in [2.75, 3.05) is 6.61 Å². The van der Waals surface area contributed by atoms with Crippen LogP contribution < -0.4 is 4.74 Å². The zero-order chi connectivity index (χ0) is 26.5. The molecular weight excluding hydrogens is 504 g/mol. The molecule has 38 heavy (non-hydrogen) atoms. The van der Waals surface area contributed by atoms with E-state index in [1.807, 2.05) is 36.4 Å². The van der Waals surface area contributed by atoms with Crippen molar-refractivity contribution in [2.24, 2.45) is 0 Å². The van der Waals surface area contributed by atoms with Gasteiger partial charge in [0, 0.05) is 17.9 Å². The van der Waals surface area contributed by atoms with Crippen molar-refractivity contribution in [3.63, 3.8) is 0 Å². The Hall–Kier alpha value is -3.79. The van der Waals surface area contributed by atoms with Crippen LogP contribution in [0.2, 0.25) is 0 Å². The zero-order valence-electron chi connectivity index (χ0n) is 21.3. The quantitative estimate of drug-likeness (QED) is 0.270. The maximum atomic E-state index is 12.6. The van der Waals surface area contributed by atoms with Gasteiger partial charge < -0.3 is 14.6 Å². The molecule has 0 atom stereocenters. The minimum atomic E-state index is -0.906. The summed E-state index contributed by atoms with van der Waals surface area (Å²) < 4.78 is 21.3. The highest BCUT2D eigenvalue weighted by Gasteiger charge is 2.29. The number of hydrogen-bond acceptors (Lipinski definition) is 8. The average molecular weight is 535 g/mol. The minimum Gasteiger partial charge on any atom is -0.481 e. The van der Waals surface area contributed by atoms with Crippen LogP contribution >= 0.6 is 11.7 Å². The van der Waals surface area contributed by atoms with Gasteiger partial charge in [0.05, 0.1) is 37.0 Å². The van der Waals surface area contributed by atoms with E-state index < -0.39 is 12.1 Å². The number of ether oxygens (including phenoxy) is 2. The fourth-order valence-electron chi connectivity index (χ4n) is 5.17. The Kier molecular flexibility index (Phi) is 7.97. The maximum Gasteiger partial charge on any atom is 0.515 e. The molecule has 2 aromatic heterocycles. The Morgan fingerprint density at radius 3 is 2.58 bits per heavy atom. The lowest BCUT2D eigenvalue weighted by Gasteiger charge is -2.21. The third kappa shape index (κ3) is 5.85. The highest BCUT2D eigenvalue weighted by molar-refractivity contribution is 7.00. The number of nitrogens with zero attached hydrogens (tertiary/aromatic N) is 4. The fraction of sp³-hybridized carbons (Fsp3) is 0.393. The van der Waals surface area contributed by atoms with Gasteiger partial charge in [0.2, 0.25) is 5.88 Å². The van der Waals surface area contributed by atoms with Gasteiger partial charge in [0.15, 0.2) is 0 Å². The molecular formula is C28H30N4O5S. The molecule has 1 fully saturated rings. The minimum absolute atomic E-state index is 0.102. The van der Waals surface area contributed by atoms with Crippen molar-refractivity contribution in [3.05, 3.63) is 70.4 Å². The summed E-state index contributed by atoms with van der Waals surface area (Å²) in [5, 5.41) is 14.4. The molecule has 10 heteroatoms. The molecule has 0 bridgehead atoms. The predicted octanol–water partition coefficient (Wildman–Crippen LogP) is 5.74. The molecule has 2 heterocycles. The van der Waals surface area contributed by atoms with Crippen molar-refractivity contribution in [2.45, 2.75) is 64.3 Å². The molecule has 1 saturated carbocycles. The first kappa shape index (κ1) is 25.8. The molecule has 5 rings (SSSR count). The third-order valence-corrected chi connectivity index (χ3v) is 7.50. The number of rotatable bonds is 9. The van der Waals surface area contributed by atoms with Crippen LogP contribution in [0.3, 0.4) is 0 Å². The molecule has 1 N–H and O–H groups in total. The Morgan fingerprint density at radius 2 is 1.82 bits per heavy atom. The topological polar surface area (TPSA) is 116 Å². The van der Waals surface area contributed by atoms with E-state index in [0.717, 1.165) is 59.1 Å². The van der Waals surface area contributed by atoms with Crippen molar-refractivity contribution >= 4 is 34.9 Å². The van der Waals surface area contributed by atoms with Crippen LogP contribution in [0.5, 0.6) is 5.88 Å². The number of carbonyl (C=O) groups excluding carboxylic acids is 1. The normalized spacial score (nSPS) is 14.0. The molecule has 0 unspecified atom stereocenters. The standard InChI is InChI=1S/C28H30N4O5S/c1-2-36-28(35)37-27-22(14-18-12-13-23-24(15-18)31-38-30-23)26(19-8-4-3-5-9-19)29-32(27)17-21-11-7-6-10-20(21)16-25(33)34/h6-7,10-13,15,19H,2-5,8-9,14,16-17H2,1H3,(H,33,34). The Balaban J connectivity index is 1.60. The molecule has 198 valence electrons. The molecule has 0 aliphatic heterocycles. The summed E-state index contributed by atoms with van der Waals surface area (Å²) in [4.78, 5) is 24.1. The Bertz CT molecular complexity index is 1440. The first-order chi connectivity index (χ1) is 18.5. The van der Waals surface area contributed by atoms with E-state index in [0.29, 0.717) is 17.9 Å². The summed E-state index contributed by atoms with van der Waals surface area (Å²) in [5.41, 5.74) is 5.97. The lowest BCUT2D eigenvalue weighted by molar-refractivity contribution is -0.136. The van der Waals surface area contributed by atoms with E-state index in [1.165, 1.54) is 18.1 Å². The van der Waals surface area contributed by atoms with Gasteiger partial charge in [-0.25, -0.2) is 9.48 Å². The summed E-state index contributed by atoms with van der Waals surface area (Å²) in [6.45, 7) is 2.19. The van der Waals surface area contributed by atoms with Crippen molar-refractivity contribution in [3.8, 4) is 5.88 Å². The van der Waals surface area contributed by atoms with Crippen LogP contribution in [-0.2, 0) is 28.9 Å². The van der Waals surface area contributed by atoms with Crippen LogP contribution in [0.15, 0.2) is 42.5 Å². The van der Waals surface area contributed by atoms with Crippen LogP contribution in [-0.4, -0.2) is 42.4 Å². The molecule has 9 nitrogen and oxygen atoms in total. The van der Waals surface area contributed by atoms with Crippen LogP contribution in [0, 0.1) is 0 Å². The van der Waals surface area contributed by atoms with Crippen LogP contribution in [0.4, 0.5) is 4.79 Å². The van der Waals surface area contributed by atoms with Gasteiger partial charge in [-0.15, -0.1) is 0 Å². The molecule has 0 radical (unpaired) electrons. The van der Waals surface area contributed by atoms with Crippen LogP contribution in [0.25, 0.3) is 11.0 Å². The molecule has 1 aliphatic carbocycles. The maximum absolute atomic E-state index is 12.6. The van der Waals surface area contributed by atoms with Gasteiger partial charge >= 0.3 is 12.1 Å². The number of fused-ring (bicyclic) bond motifs is 1. The monoisotopic (exact) mass is 534 g/mol. The summed E-state index contributed by atoms with van der Waals surface area (Å²) in [7, 11) is 0. The van der Waals surface area contributed by atoms with Gasteiger partial charge in [-0.3, -0.25) is 4.79 Å². The van der Waals surface area contributed by atoms with Gasteiger partial charge in [-0.1, -0.05) is 49.6 Å². The Morgan fingerprint density at radius 1 is 1.05 bits per heavy atom. The average Bonchev–Trinajstić information content (AvgIpc) is 3.50. The highest BCUT2D eigenvalue weighted by atomic mass is 32.1. The number of hydrogen-bond donors (Lipinski definition) is 1. The second-order valence-corrected chi connectivity index (χ2v) is 10.1. The zero-order valence-corrected chi connectivity index (χ0v) is 22.1. The van der Waals surface area contributed by atoms with Gasteiger partial charge in [-0.05, 0) is 48.6 Å². The Labute approximate surface area is 224 Å². The summed E-state index contributed by atoms with van der Waals surface area (Å²) in [5.74, 6) is -0.314. The number of carboxylic acids is 1. The number of carbonyl (C=O) groups is 2. The predicted molar refractivity (Wildman–Crippen MR) is 143 cm³/mol. The van der Waals surface area contributed by atoms with Gasteiger partial charge in [0.1, 0.15) is 11.0 Å². The van der Waals surface area contributed by atoms with Crippen molar-refractivity contribution in [1.29, 1.82) is 0 Å². The van der Waals surface area contributed by atoms with Crippen molar-refractivity contribution < 1.29 is 24.2 Å². The summed E-state index contributed by atoms with van der Waals surface area (Å²) >= 11 is 1.18. The number of carboxylic acid groups (broad SMARTS) is 1. The van der Waals surface area contributed by atoms with Gasteiger partial charge in [-0.2, -0.15) is 13.8 Å². The second kappa shape index (κ2) is 11.7. The molecule has 0 spiro atoms. The highest BCUT2D eigenvalue weighted by Crippen LogP contribution is 2.39. The van der Waals surface area contributed by atoms with E-state index in [-0.39, 0.29) is 25.5 Å². The summed E-state index contributed by atoms with van der Waals surface area (Å²) in [6.07, 6.45) is 5.12. The van der Waals surface area contributed by atoms with E-state index >= 15 is 0 Å². The van der Waals surface area contributed by atoms with E-state index in [4.69, 9.17) is 14.6 Å².